The van der Waals surface area contributed by atoms with E-state index < -0.39 is 0 Å². The third-order valence-corrected chi connectivity index (χ3v) is 6.05. The van der Waals surface area contributed by atoms with Crippen molar-refractivity contribution < 1.29 is 14.3 Å². The first-order valence-electron chi connectivity index (χ1n) is 8.96. The predicted octanol–water partition coefficient (Wildman–Crippen LogP) is 3.76. The van der Waals surface area contributed by atoms with Crippen molar-refractivity contribution in [2.24, 2.45) is 0 Å². The summed E-state index contributed by atoms with van der Waals surface area (Å²) in [4.78, 5) is 27.5. The maximum atomic E-state index is 12.6. The Morgan fingerprint density at radius 1 is 0.893 bits per heavy atom. The lowest BCUT2D eigenvalue weighted by Crippen LogP contribution is -2.28. The first kappa shape index (κ1) is 20.1. The standard InChI is InChI=1S/C21H22N2O3S2/c1-26-19-7-6-15(20(24)22-10-8-16-4-2-12-27-16)14-18(19)21(25)23-11-9-17-5-3-13-28-17/h2-7,12-14H,8-11H2,1H3,(H,22,24)(H,23,25). The molecule has 0 fully saturated rings. The number of benzene rings is 1. The molecule has 28 heavy (non-hydrogen) atoms. The molecule has 2 N–H and O–H groups in total. The molecule has 0 aliphatic heterocycles. The molecule has 2 aromatic heterocycles. The normalized spacial score (nSPS) is 10.5. The number of hydrogen-bond donors (Lipinski definition) is 2. The lowest BCUT2D eigenvalue weighted by atomic mass is 10.1. The molecule has 0 bridgehead atoms. The Hall–Kier alpha value is -2.64. The van der Waals surface area contributed by atoms with Crippen molar-refractivity contribution in [1.82, 2.24) is 10.6 Å². The predicted molar refractivity (Wildman–Crippen MR) is 114 cm³/mol. The minimum Gasteiger partial charge on any atom is -0.496 e. The molecule has 0 unspecified atom stereocenters. The third kappa shape index (κ3) is 5.43. The number of carbonyl (C=O) groups is 2. The molecule has 2 heterocycles. The van der Waals surface area contributed by atoms with E-state index in [9.17, 15) is 9.59 Å². The maximum absolute atomic E-state index is 12.6. The quantitative estimate of drug-likeness (QED) is 0.560. The smallest absolute Gasteiger partial charge is 0.255 e. The zero-order valence-electron chi connectivity index (χ0n) is 15.6. The van der Waals surface area contributed by atoms with Crippen LogP contribution in [0.3, 0.4) is 0 Å². The summed E-state index contributed by atoms with van der Waals surface area (Å²) in [5.41, 5.74) is 0.801. The van der Waals surface area contributed by atoms with E-state index >= 15 is 0 Å². The van der Waals surface area contributed by atoms with Gasteiger partial charge in [-0.25, -0.2) is 0 Å². The van der Waals surface area contributed by atoms with Crippen LogP contribution in [0.1, 0.15) is 30.5 Å². The van der Waals surface area contributed by atoms with E-state index in [1.54, 1.807) is 40.9 Å². The highest BCUT2D eigenvalue weighted by atomic mass is 32.1. The molecule has 0 radical (unpaired) electrons. The number of hydrogen-bond acceptors (Lipinski definition) is 5. The molecule has 7 heteroatoms. The van der Waals surface area contributed by atoms with Crippen LogP contribution in [0.4, 0.5) is 0 Å². The fourth-order valence-electron chi connectivity index (χ4n) is 2.73. The molecule has 0 saturated heterocycles. The van der Waals surface area contributed by atoms with E-state index in [0.29, 0.717) is 30.0 Å². The van der Waals surface area contributed by atoms with Gasteiger partial charge < -0.3 is 15.4 Å². The van der Waals surface area contributed by atoms with Gasteiger partial charge in [-0.05, 0) is 53.9 Å². The van der Waals surface area contributed by atoms with Crippen molar-refractivity contribution in [2.45, 2.75) is 12.8 Å². The fourth-order valence-corrected chi connectivity index (χ4v) is 4.15. The second kappa shape index (κ2) is 10.1. The van der Waals surface area contributed by atoms with Gasteiger partial charge in [0.15, 0.2) is 0 Å². The molecule has 1 aromatic carbocycles. The molecule has 5 nitrogen and oxygen atoms in total. The Bertz CT molecular complexity index is 906. The molecule has 0 saturated carbocycles. The highest BCUT2D eigenvalue weighted by molar-refractivity contribution is 7.10. The lowest BCUT2D eigenvalue weighted by molar-refractivity contribution is 0.0951. The molecule has 3 aromatic rings. The summed E-state index contributed by atoms with van der Waals surface area (Å²) < 4.78 is 5.29. The number of rotatable bonds is 9. The van der Waals surface area contributed by atoms with Crippen molar-refractivity contribution in [3.05, 3.63) is 74.1 Å². The van der Waals surface area contributed by atoms with Crippen LogP contribution in [0, 0.1) is 0 Å². The minimum absolute atomic E-state index is 0.202. The molecule has 0 aliphatic carbocycles. The molecule has 0 atom stereocenters. The van der Waals surface area contributed by atoms with Crippen molar-refractivity contribution >= 4 is 34.5 Å². The van der Waals surface area contributed by atoms with Crippen molar-refractivity contribution in [1.29, 1.82) is 0 Å². The van der Waals surface area contributed by atoms with Crippen LogP contribution >= 0.6 is 22.7 Å². The van der Waals surface area contributed by atoms with Gasteiger partial charge in [0.1, 0.15) is 5.75 Å². The fraction of sp³-hybridized carbons (Fsp3) is 0.238. The third-order valence-electron chi connectivity index (χ3n) is 4.18. The van der Waals surface area contributed by atoms with Gasteiger partial charge in [-0.15, -0.1) is 22.7 Å². The highest BCUT2D eigenvalue weighted by Crippen LogP contribution is 2.20. The summed E-state index contributed by atoms with van der Waals surface area (Å²) in [6, 6.07) is 13.0. The molecular formula is C21H22N2O3S2. The van der Waals surface area contributed by atoms with Gasteiger partial charge in [0.05, 0.1) is 12.7 Å². The molecular weight excluding hydrogens is 392 g/mol. The van der Waals surface area contributed by atoms with E-state index in [1.807, 2.05) is 35.0 Å². The summed E-state index contributed by atoms with van der Waals surface area (Å²) in [7, 11) is 1.51. The van der Waals surface area contributed by atoms with Gasteiger partial charge in [-0.1, -0.05) is 12.1 Å². The lowest BCUT2D eigenvalue weighted by Gasteiger charge is -2.11. The molecule has 0 aliphatic rings. The van der Waals surface area contributed by atoms with Gasteiger partial charge in [0.25, 0.3) is 11.8 Å². The van der Waals surface area contributed by atoms with Crippen LogP contribution in [0.5, 0.6) is 5.75 Å². The summed E-state index contributed by atoms with van der Waals surface area (Å²) >= 11 is 3.33. The van der Waals surface area contributed by atoms with Crippen LogP contribution in [0.15, 0.2) is 53.2 Å². The van der Waals surface area contributed by atoms with Crippen molar-refractivity contribution in [3.63, 3.8) is 0 Å². The Morgan fingerprint density at radius 3 is 2.04 bits per heavy atom. The van der Waals surface area contributed by atoms with Gasteiger partial charge in [0, 0.05) is 28.4 Å². The second-order valence-corrected chi connectivity index (χ2v) is 8.15. The van der Waals surface area contributed by atoms with E-state index in [2.05, 4.69) is 10.6 Å². The summed E-state index contributed by atoms with van der Waals surface area (Å²) in [6.45, 7) is 1.08. The summed E-state index contributed by atoms with van der Waals surface area (Å²) in [6.07, 6.45) is 1.56. The average molecular weight is 415 g/mol. The van der Waals surface area contributed by atoms with E-state index in [-0.39, 0.29) is 11.8 Å². The largest absolute Gasteiger partial charge is 0.496 e. The van der Waals surface area contributed by atoms with E-state index in [0.717, 1.165) is 12.8 Å². The Kier molecular flexibility index (Phi) is 7.22. The molecule has 0 spiro atoms. The number of amides is 2. The summed E-state index contributed by atoms with van der Waals surface area (Å²) in [5, 5.41) is 9.83. The number of carbonyl (C=O) groups excluding carboxylic acids is 2. The van der Waals surface area contributed by atoms with Crippen LogP contribution < -0.4 is 15.4 Å². The van der Waals surface area contributed by atoms with Crippen LogP contribution in [0.25, 0.3) is 0 Å². The Balaban J connectivity index is 1.59. The molecule has 146 valence electrons. The Labute approximate surface area is 172 Å². The first-order valence-corrected chi connectivity index (χ1v) is 10.7. The Morgan fingerprint density at radius 2 is 1.50 bits per heavy atom. The maximum Gasteiger partial charge on any atom is 0.255 e. The van der Waals surface area contributed by atoms with Crippen molar-refractivity contribution in [2.75, 3.05) is 20.2 Å². The van der Waals surface area contributed by atoms with Gasteiger partial charge >= 0.3 is 0 Å². The zero-order chi connectivity index (χ0) is 19.8. The van der Waals surface area contributed by atoms with Gasteiger partial charge in [-0.2, -0.15) is 0 Å². The second-order valence-electron chi connectivity index (χ2n) is 6.09. The molecule has 3 rings (SSSR count). The van der Waals surface area contributed by atoms with Crippen molar-refractivity contribution in [3.8, 4) is 5.75 Å². The van der Waals surface area contributed by atoms with E-state index in [4.69, 9.17) is 4.74 Å². The first-order chi connectivity index (χ1) is 13.7. The summed E-state index contributed by atoms with van der Waals surface area (Å²) in [5.74, 6) is -0.00255. The SMILES string of the molecule is COc1ccc(C(=O)NCCc2cccs2)cc1C(=O)NCCc1cccs1. The number of ether oxygens (including phenoxy) is 1. The van der Waals surface area contributed by atoms with E-state index in [1.165, 1.54) is 16.9 Å². The highest BCUT2D eigenvalue weighted by Gasteiger charge is 2.16. The number of methoxy groups -OCH3 is 1. The minimum atomic E-state index is -0.248. The number of thiophene rings is 2. The monoisotopic (exact) mass is 414 g/mol. The zero-order valence-corrected chi connectivity index (χ0v) is 17.2. The van der Waals surface area contributed by atoms with Gasteiger partial charge in [-0.3, -0.25) is 9.59 Å². The van der Waals surface area contributed by atoms with Gasteiger partial charge in [0.2, 0.25) is 0 Å². The number of nitrogens with one attached hydrogen (secondary N) is 2. The van der Waals surface area contributed by atoms with Crippen LogP contribution in [0.2, 0.25) is 0 Å². The molecule has 2 amide bonds. The van der Waals surface area contributed by atoms with Crippen LogP contribution in [-0.2, 0) is 12.8 Å². The topological polar surface area (TPSA) is 67.4 Å². The van der Waals surface area contributed by atoms with Crippen LogP contribution in [-0.4, -0.2) is 32.0 Å². The average Bonchev–Trinajstić information content (AvgIpc) is 3.41.